The Kier molecular flexibility index (Phi) is 4.44. The van der Waals surface area contributed by atoms with Crippen LogP contribution < -0.4 is 5.32 Å². The van der Waals surface area contributed by atoms with Crippen molar-refractivity contribution in [3.63, 3.8) is 0 Å². The predicted octanol–water partition coefficient (Wildman–Crippen LogP) is 6.82. The number of urea groups is 1. The van der Waals surface area contributed by atoms with Crippen molar-refractivity contribution in [1.29, 1.82) is 0 Å². The van der Waals surface area contributed by atoms with Crippen molar-refractivity contribution in [2.75, 3.05) is 11.9 Å². The SMILES string of the molecule is O=C(Nc1c[nH]c2ccc(Cl)cc12)N1CCc2cc(-c3ccc4occc4c3)ccc2C1. The average Bonchev–Trinajstić information content (AvgIpc) is 3.44. The number of carbonyl (C=O) groups excluding carboxylic acids is 1. The van der Waals surface area contributed by atoms with E-state index in [2.05, 4.69) is 40.6 Å². The average molecular weight is 442 g/mol. The summed E-state index contributed by atoms with van der Waals surface area (Å²) in [5.41, 5.74) is 7.39. The highest BCUT2D eigenvalue weighted by Gasteiger charge is 2.22. The van der Waals surface area contributed by atoms with Crippen molar-refractivity contribution >= 4 is 45.2 Å². The van der Waals surface area contributed by atoms with Crippen LogP contribution in [-0.4, -0.2) is 22.5 Å². The lowest BCUT2D eigenvalue weighted by molar-refractivity contribution is 0.206. The topological polar surface area (TPSA) is 61.3 Å². The van der Waals surface area contributed by atoms with E-state index in [0.717, 1.165) is 34.0 Å². The molecule has 6 heteroatoms. The number of anilines is 1. The van der Waals surface area contributed by atoms with Gasteiger partial charge in [0.05, 0.1) is 12.0 Å². The molecule has 1 aliphatic heterocycles. The molecule has 5 nitrogen and oxygen atoms in total. The smallest absolute Gasteiger partial charge is 0.322 e. The summed E-state index contributed by atoms with van der Waals surface area (Å²) in [4.78, 5) is 18.0. The van der Waals surface area contributed by atoms with Crippen LogP contribution >= 0.6 is 11.6 Å². The second kappa shape index (κ2) is 7.46. The standard InChI is InChI=1S/C26H20ClN3O2/c27-21-4-5-23-22(13-21)24(14-28-23)29-26(31)30-9-7-18-11-16(1-2-20(18)15-30)17-3-6-25-19(12-17)8-10-32-25/h1-6,8,10-14,28H,7,9,15H2,(H,29,31). The number of H-pyrrole nitrogens is 1. The fourth-order valence-electron chi connectivity index (χ4n) is 4.44. The number of nitrogens with zero attached hydrogens (tertiary/aromatic N) is 1. The molecule has 0 unspecified atom stereocenters. The van der Waals surface area contributed by atoms with Crippen molar-refractivity contribution in [2.24, 2.45) is 0 Å². The highest BCUT2D eigenvalue weighted by atomic mass is 35.5. The maximum atomic E-state index is 13.0. The van der Waals surface area contributed by atoms with Gasteiger partial charge in [-0.15, -0.1) is 0 Å². The summed E-state index contributed by atoms with van der Waals surface area (Å²) in [6.07, 6.45) is 4.34. The molecule has 3 aromatic carbocycles. The molecule has 0 saturated carbocycles. The fraction of sp³-hybridized carbons (Fsp3) is 0.115. The summed E-state index contributed by atoms with van der Waals surface area (Å²) in [5, 5.41) is 5.68. The number of benzene rings is 3. The Labute approximate surface area is 189 Å². The van der Waals surface area contributed by atoms with E-state index in [-0.39, 0.29) is 6.03 Å². The number of aromatic nitrogens is 1. The van der Waals surface area contributed by atoms with Gasteiger partial charge in [0.1, 0.15) is 5.58 Å². The van der Waals surface area contributed by atoms with Crippen LogP contribution in [-0.2, 0) is 13.0 Å². The van der Waals surface area contributed by atoms with Crippen LogP contribution in [0.2, 0.25) is 5.02 Å². The van der Waals surface area contributed by atoms with E-state index < -0.39 is 0 Å². The van der Waals surface area contributed by atoms with Crippen molar-refractivity contribution < 1.29 is 9.21 Å². The normalized spacial score (nSPS) is 13.5. The van der Waals surface area contributed by atoms with E-state index in [1.54, 1.807) is 12.5 Å². The number of amides is 2. The Bertz CT molecular complexity index is 1480. The second-order valence-electron chi connectivity index (χ2n) is 8.15. The van der Waals surface area contributed by atoms with Crippen molar-refractivity contribution in [3.8, 4) is 11.1 Å². The highest BCUT2D eigenvalue weighted by Crippen LogP contribution is 2.30. The van der Waals surface area contributed by atoms with Gasteiger partial charge >= 0.3 is 6.03 Å². The van der Waals surface area contributed by atoms with Crippen LogP contribution in [0.15, 0.2) is 77.5 Å². The molecule has 0 bridgehead atoms. The van der Waals surface area contributed by atoms with Crippen molar-refractivity contribution in [2.45, 2.75) is 13.0 Å². The lowest BCUT2D eigenvalue weighted by Gasteiger charge is -2.29. The zero-order chi connectivity index (χ0) is 21.7. The van der Waals surface area contributed by atoms with Gasteiger partial charge in [-0.25, -0.2) is 4.79 Å². The van der Waals surface area contributed by atoms with Crippen LogP contribution in [0, 0.1) is 0 Å². The maximum Gasteiger partial charge on any atom is 0.322 e. The Morgan fingerprint density at radius 1 is 1.00 bits per heavy atom. The van der Waals surface area contributed by atoms with Gasteiger partial charge in [0.15, 0.2) is 0 Å². The monoisotopic (exact) mass is 441 g/mol. The van der Waals surface area contributed by atoms with Gasteiger partial charge < -0.3 is 19.6 Å². The Morgan fingerprint density at radius 3 is 2.81 bits per heavy atom. The summed E-state index contributed by atoms with van der Waals surface area (Å²) < 4.78 is 5.45. The third-order valence-corrected chi connectivity index (χ3v) is 6.41. The highest BCUT2D eigenvalue weighted by molar-refractivity contribution is 6.31. The zero-order valence-electron chi connectivity index (χ0n) is 17.2. The number of furan rings is 1. The second-order valence-corrected chi connectivity index (χ2v) is 8.59. The largest absolute Gasteiger partial charge is 0.464 e. The molecule has 0 aliphatic carbocycles. The lowest BCUT2D eigenvalue weighted by atomic mass is 9.94. The summed E-state index contributed by atoms with van der Waals surface area (Å²) >= 11 is 6.13. The van der Waals surface area contributed by atoms with E-state index >= 15 is 0 Å². The first-order valence-electron chi connectivity index (χ1n) is 10.6. The molecule has 32 heavy (non-hydrogen) atoms. The molecule has 5 aromatic rings. The lowest BCUT2D eigenvalue weighted by Crippen LogP contribution is -2.38. The van der Waals surface area contributed by atoms with Crippen LogP contribution in [0.5, 0.6) is 0 Å². The minimum Gasteiger partial charge on any atom is -0.464 e. The summed E-state index contributed by atoms with van der Waals surface area (Å²) in [6.45, 7) is 1.26. The van der Waals surface area contributed by atoms with Gasteiger partial charge in [-0.05, 0) is 65.1 Å². The molecular formula is C26H20ClN3O2. The van der Waals surface area contributed by atoms with E-state index in [1.807, 2.05) is 35.2 Å². The molecule has 6 rings (SSSR count). The minimum absolute atomic E-state index is 0.106. The van der Waals surface area contributed by atoms with Gasteiger partial charge in [-0.2, -0.15) is 0 Å². The molecule has 3 heterocycles. The Hall–Kier alpha value is -3.70. The van der Waals surface area contributed by atoms with E-state index in [0.29, 0.717) is 18.1 Å². The van der Waals surface area contributed by atoms with Gasteiger partial charge in [0.25, 0.3) is 0 Å². The van der Waals surface area contributed by atoms with E-state index in [1.165, 1.54) is 22.3 Å². The van der Waals surface area contributed by atoms with Crippen LogP contribution in [0.3, 0.4) is 0 Å². The van der Waals surface area contributed by atoms with E-state index in [9.17, 15) is 4.79 Å². The first kappa shape index (κ1) is 19.0. The molecule has 158 valence electrons. The summed E-state index contributed by atoms with van der Waals surface area (Å²) in [7, 11) is 0. The van der Waals surface area contributed by atoms with Gasteiger partial charge in [0.2, 0.25) is 0 Å². The number of hydrogen-bond acceptors (Lipinski definition) is 2. The van der Waals surface area contributed by atoms with Gasteiger partial charge in [-0.3, -0.25) is 0 Å². The number of fused-ring (bicyclic) bond motifs is 3. The number of nitrogens with one attached hydrogen (secondary N) is 2. The minimum atomic E-state index is -0.106. The number of carbonyl (C=O) groups is 1. The summed E-state index contributed by atoms with van der Waals surface area (Å²) in [6, 6.07) is 20.2. The molecule has 0 saturated heterocycles. The third kappa shape index (κ3) is 3.31. The molecular weight excluding hydrogens is 422 g/mol. The molecule has 2 N–H and O–H groups in total. The van der Waals surface area contributed by atoms with Gasteiger partial charge in [0, 0.05) is 40.6 Å². The van der Waals surface area contributed by atoms with Crippen LogP contribution in [0.4, 0.5) is 10.5 Å². The molecule has 0 atom stereocenters. The van der Waals surface area contributed by atoms with Crippen molar-refractivity contribution in [3.05, 3.63) is 89.3 Å². The Balaban J connectivity index is 1.21. The van der Waals surface area contributed by atoms with Crippen LogP contribution in [0.1, 0.15) is 11.1 Å². The Morgan fingerprint density at radius 2 is 1.88 bits per heavy atom. The number of aromatic amines is 1. The van der Waals surface area contributed by atoms with E-state index in [4.69, 9.17) is 16.0 Å². The van der Waals surface area contributed by atoms with Gasteiger partial charge in [-0.1, -0.05) is 35.9 Å². The number of rotatable bonds is 2. The van der Waals surface area contributed by atoms with Crippen LogP contribution in [0.25, 0.3) is 33.0 Å². The zero-order valence-corrected chi connectivity index (χ0v) is 17.9. The third-order valence-electron chi connectivity index (χ3n) is 6.18. The van der Waals surface area contributed by atoms with Crippen molar-refractivity contribution in [1.82, 2.24) is 9.88 Å². The first-order valence-corrected chi connectivity index (χ1v) is 10.9. The maximum absolute atomic E-state index is 13.0. The molecule has 0 radical (unpaired) electrons. The number of hydrogen-bond donors (Lipinski definition) is 2. The summed E-state index contributed by atoms with van der Waals surface area (Å²) in [5.74, 6) is 0. The predicted molar refractivity (Wildman–Crippen MR) is 128 cm³/mol. The first-order chi connectivity index (χ1) is 15.6. The number of halogens is 1. The molecule has 0 fully saturated rings. The molecule has 2 amide bonds. The quantitative estimate of drug-likeness (QED) is 0.315. The molecule has 2 aromatic heterocycles. The fourth-order valence-corrected chi connectivity index (χ4v) is 4.61. The molecule has 0 spiro atoms. The molecule has 1 aliphatic rings.